The molecule has 106 valence electrons. The highest BCUT2D eigenvalue weighted by Crippen LogP contribution is 2.16. The monoisotopic (exact) mass is 265 g/mol. The van der Waals surface area contributed by atoms with Gasteiger partial charge in [0.1, 0.15) is 0 Å². The van der Waals surface area contributed by atoms with Gasteiger partial charge >= 0.3 is 0 Å². The van der Waals surface area contributed by atoms with Gasteiger partial charge in [0.15, 0.2) is 0 Å². The molecule has 0 aromatic heterocycles. The molecule has 2 N–H and O–H groups in total. The SMILES string of the molecule is C#CCNC(=O)CN1CCC(C(=O)NCCC)CC1. The van der Waals surface area contributed by atoms with E-state index in [0.29, 0.717) is 6.54 Å². The number of amides is 2. The van der Waals surface area contributed by atoms with Crippen LogP contribution in [0.15, 0.2) is 0 Å². The summed E-state index contributed by atoms with van der Waals surface area (Å²) in [5, 5.41) is 5.57. The lowest BCUT2D eigenvalue weighted by Gasteiger charge is -2.30. The molecule has 1 aliphatic rings. The third-order valence-corrected chi connectivity index (χ3v) is 3.26. The van der Waals surface area contributed by atoms with E-state index < -0.39 is 0 Å². The number of terminal acetylenes is 1. The zero-order valence-electron chi connectivity index (χ0n) is 11.6. The topological polar surface area (TPSA) is 61.4 Å². The molecule has 0 bridgehead atoms. The van der Waals surface area contributed by atoms with E-state index in [0.717, 1.165) is 38.9 Å². The summed E-state index contributed by atoms with van der Waals surface area (Å²) in [5.41, 5.74) is 0. The molecule has 2 amide bonds. The Morgan fingerprint density at radius 2 is 2.00 bits per heavy atom. The molecule has 0 aliphatic carbocycles. The summed E-state index contributed by atoms with van der Waals surface area (Å²) in [5.74, 6) is 2.57. The minimum atomic E-state index is -0.0492. The quantitative estimate of drug-likeness (QED) is 0.663. The standard InChI is InChI=1S/C14H23N3O2/c1-3-7-15-13(18)11-17-9-5-12(6-10-17)14(19)16-8-4-2/h1,12H,4-11H2,2H3,(H,15,18)(H,16,19). The predicted octanol–water partition coefficient (Wildman–Crippen LogP) is -0.0260. The molecule has 0 saturated carbocycles. The number of nitrogens with one attached hydrogen (secondary N) is 2. The van der Waals surface area contributed by atoms with E-state index in [-0.39, 0.29) is 24.3 Å². The molecule has 1 fully saturated rings. The fraction of sp³-hybridized carbons (Fsp3) is 0.714. The van der Waals surface area contributed by atoms with E-state index >= 15 is 0 Å². The minimum absolute atomic E-state index is 0.0492. The Labute approximate surface area is 115 Å². The van der Waals surface area contributed by atoms with Crippen molar-refractivity contribution < 1.29 is 9.59 Å². The number of nitrogens with zero attached hydrogens (tertiary/aromatic N) is 1. The molecule has 0 radical (unpaired) electrons. The van der Waals surface area contributed by atoms with E-state index in [4.69, 9.17) is 6.42 Å². The zero-order valence-corrected chi connectivity index (χ0v) is 11.6. The van der Waals surface area contributed by atoms with Gasteiger partial charge in [-0.15, -0.1) is 6.42 Å². The molecular weight excluding hydrogens is 242 g/mol. The van der Waals surface area contributed by atoms with E-state index in [1.54, 1.807) is 0 Å². The van der Waals surface area contributed by atoms with Gasteiger partial charge in [-0.3, -0.25) is 14.5 Å². The average Bonchev–Trinajstić information content (AvgIpc) is 2.43. The largest absolute Gasteiger partial charge is 0.356 e. The van der Waals surface area contributed by atoms with Gasteiger partial charge in [-0.1, -0.05) is 12.8 Å². The Kier molecular flexibility index (Phi) is 6.98. The highest BCUT2D eigenvalue weighted by Gasteiger charge is 2.25. The first-order valence-electron chi connectivity index (χ1n) is 6.87. The number of carbonyl (C=O) groups is 2. The molecule has 19 heavy (non-hydrogen) atoms. The first-order valence-corrected chi connectivity index (χ1v) is 6.87. The second-order valence-corrected chi connectivity index (χ2v) is 4.82. The van der Waals surface area contributed by atoms with Crippen molar-refractivity contribution >= 4 is 11.8 Å². The number of piperidine rings is 1. The van der Waals surface area contributed by atoms with Crippen molar-refractivity contribution in [3.8, 4) is 12.3 Å². The third-order valence-electron chi connectivity index (χ3n) is 3.26. The molecule has 1 aliphatic heterocycles. The van der Waals surface area contributed by atoms with Crippen molar-refractivity contribution in [2.24, 2.45) is 5.92 Å². The first-order chi connectivity index (χ1) is 9.17. The number of carbonyl (C=O) groups excluding carboxylic acids is 2. The average molecular weight is 265 g/mol. The molecule has 0 aromatic rings. The van der Waals surface area contributed by atoms with Crippen LogP contribution < -0.4 is 10.6 Å². The summed E-state index contributed by atoms with van der Waals surface area (Å²) < 4.78 is 0. The maximum Gasteiger partial charge on any atom is 0.234 e. The Morgan fingerprint density at radius 1 is 1.32 bits per heavy atom. The van der Waals surface area contributed by atoms with Crippen LogP contribution in [0.5, 0.6) is 0 Å². The maximum absolute atomic E-state index is 11.8. The Bertz CT molecular complexity index is 341. The molecule has 0 aromatic carbocycles. The van der Waals surface area contributed by atoms with Crippen molar-refractivity contribution in [2.45, 2.75) is 26.2 Å². The van der Waals surface area contributed by atoms with Gasteiger partial charge in [-0.05, 0) is 32.4 Å². The van der Waals surface area contributed by atoms with Crippen molar-refractivity contribution in [3.05, 3.63) is 0 Å². The van der Waals surface area contributed by atoms with Crippen LogP contribution in [0.2, 0.25) is 0 Å². The van der Waals surface area contributed by atoms with Gasteiger partial charge < -0.3 is 10.6 Å². The van der Waals surface area contributed by atoms with E-state index in [2.05, 4.69) is 21.5 Å². The molecule has 1 heterocycles. The summed E-state index contributed by atoms with van der Waals surface area (Å²) in [7, 11) is 0. The van der Waals surface area contributed by atoms with E-state index in [1.165, 1.54) is 0 Å². The van der Waals surface area contributed by atoms with Gasteiger partial charge in [0.2, 0.25) is 11.8 Å². The Hall–Kier alpha value is -1.54. The molecule has 0 spiro atoms. The number of likely N-dealkylation sites (tertiary alicyclic amines) is 1. The van der Waals surface area contributed by atoms with E-state index in [1.807, 2.05) is 6.92 Å². The van der Waals surface area contributed by atoms with Crippen LogP contribution in [-0.4, -0.2) is 49.4 Å². The van der Waals surface area contributed by atoms with Crippen molar-refractivity contribution in [2.75, 3.05) is 32.7 Å². The van der Waals surface area contributed by atoms with Crippen LogP contribution in [0, 0.1) is 18.3 Å². The van der Waals surface area contributed by atoms with E-state index in [9.17, 15) is 9.59 Å². The highest BCUT2D eigenvalue weighted by atomic mass is 16.2. The lowest BCUT2D eigenvalue weighted by molar-refractivity contribution is -0.126. The summed E-state index contributed by atoms with van der Waals surface area (Å²) in [6, 6.07) is 0. The molecule has 0 atom stereocenters. The summed E-state index contributed by atoms with van der Waals surface area (Å²) in [6.07, 6.45) is 7.67. The van der Waals surface area contributed by atoms with Crippen LogP contribution in [0.4, 0.5) is 0 Å². The number of hydrogen-bond acceptors (Lipinski definition) is 3. The first kappa shape index (κ1) is 15.5. The second-order valence-electron chi connectivity index (χ2n) is 4.82. The molecular formula is C14H23N3O2. The molecule has 0 unspecified atom stereocenters. The predicted molar refractivity (Wildman–Crippen MR) is 74.3 cm³/mol. The lowest BCUT2D eigenvalue weighted by atomic mass is 9.96. The van der Waals surface area contributed by atoms with Crippen molar-refractivity contribution in [1.82, 2.24) is 15.5 Å². The smallest absolute Gasteiger partial charge is 0.234 e. The van der Waals surface area contributed by atoms with Crippen LogP contribution in [0.25, 0.3) is 0 Å². The zero-order chi connectivity index (χ0) is 14.1. The Balaban J connectivity index is 2.23. The van der Waals surface area contributed by atoms with Gasteiger partial charge in [0, 0.05) is 12.5 Å². The fourth-order valence-electron chi connectivity index (χ4n) is 2.15. The molecule has 1 saturated heterocycles. The minimum Gasteiger partial charge on any atom is -0.356 e. The van der Waals surface area contributed by atoms with Crippen LogP contribution in [0.3, 0.4) is 0 Å². The highest BCUT2D eigenvalue weighted by molar-refractivity contribution is 5.79. The lowest BCUT2D eigenvalue weighted by Crippen LogP contribution is -2.44. The van der Waals surface area contributed by atoms with Gasteiger partial charge in [0.25, 0.3) is 0 Å². The molecule has 5 nitrogen and oxygen atoms in total. The molecule has 5 heteroatoms. The maximum atomic E-state index is 11.8. The van der Waals surface area contributed by atoms with Gasteiger partial charge in [-0.2, -0.15) is 0 Å². The summed E-state index contributed by atoms with van der Waals surface area (Å²) in [6.45, 7) is 4.99. The summed E-state index contributed by atoms with van der Waals surface area (Å²) in [4.78, 5) is 25.4. The summed E-state index contributed by atoms with van der Waals surface area (Å²) >= 11 is 0. The van der Waals surface area contributed by atoms with Crippen LogP contribution >= 0.6 is 0 Å². The van der Waals surface area contributed by atoms with Gasteiger partial charge in [-0.25, -0.2) is 0 Å². The van der Waals surface area contributed by atoms with Gasteiger partial charge in [0.05, 0.1) is 13.1 Å². The number of rotatable bonds is 6. The van der Waals surface area contributed by atoms with Crippen molar-refractivity contribution in [1.29, 1.82) is 0 Å². The fourth-order valence-corrected chi connectivity index (χ4v) is 2.15. The third kappa shape index (κ3) is 5.75. The normalized spacial score (nSPS) is 16.6. The van der Waals surface area contributed by atoms with Crippen molar-refractivity contribution in [3.63, 3.8) is 0 Å². The number of hydrogen-bond donors (Lipinski definition) is 2. The van der Waals surface area contributed by atoms with Crippen LogP contribution in [0.1, 0.15) is 26.2 Å². The second kappa shape index (κ2) is 8.54. The molecule has 1 rings (SSSR count). The van der Waals surface area contributed by atoms with Crippen LogP contribution in [-0.2, 0) is 9.59 Å². The Morgan fingerprint density at radius 3 is 2.58 bits per heavy atom.